The third-order valence-corrected chi connectivity index (χ3v) is 3.83. The second-order valence-electron chi connectivity index (χ2n) is 5.03. The highest BCUT2D eigenvalue weighted by molar-refractivity contribution is 5.78. The van der Waals surface area contributed by atoms with Crippen molar-refractivity contribution in [3.05, 3.63) is 0 Å². The van der Waals surface area contributed by atoms with E-state index in [1.165, 1.54) is 0 Å². The average molecular weight is 241 g/mol. The molecule has 2 aliphatic rings. The lowest BCUT2D eigenvalue weighted by atomic mass is 9.82. The van der Waals surface area contributed by atoms with Gasteiger partial charge in [0.05, 0.1) is 13.2 Å². The summed E-state index contributed by atoms with van der Waals surface area (Å²) in [5.41, 5.74) is 8.66. The monoisotopic (exact) mass is 241 g/mol. The summed E-state index contributed by atoms with van der Waals surface area (Å²) in [6, 6.07) is 0. The van der Waals surface area contributed by atoms with Gasteiger partial charge in [0.1, 0.15) is 0 Å². The van der Waals surface area contributed by atoms with Crippen molar-refractivity contribution in [1.29, 1.82) is 0 Å². The molecule has 0 bridgehead atoms. The Morgan fingerprint density at radius 3 is 2.47 bits per heavy atom. The molecule has 3 N–H and O–H groups in total. The average Bonchev–Trinajstić information content (AvgIpc) is 2.40. The maximum Gasteiger partial charge on any atom is 0.237 e. The molecule has 0 aromatic rings. The molecule has 1 heterocycles. The zero-order valence-electron chi connectivity index (χ0n) is 10.4. The number of hydrogen-bond donors (Lipinski definition) is 2. The summed E-state index contributed by atoms with van der Waals surface area (Å²) in [5, 5.41) is 1.97. The maximum absolute atomic E-state index is 12.0. The lowest BCUT2D eigenvalue weighted by molar-refractivity contribution is -0.133. The number of nitrogens with zero attached hydrogens (tertiary/aromatic N) is 1. The molecule has 1 saturated heterocycles. The van der Waals surface area contributed by atoms with Gasteiger partial charge >= 0.3 is 0 Å². The first-order valence-electron chi connectivity index (χ1n) is 6.63. The number of ether oxygens (including phenoxy) is 1. The Morgan fingerprint density at radius 1 is 1.24 bits per heavy atom. The van der Waals surface area contributed by atoms with Gasteiger partial charge in [0.15, 0.2) is 0 Å². The fourth-order valence-electron chi connectivity index (χ4n) is 2.58. The quantitative estimate of drug-likeness (QED) is 0.736. The van der Waals surface area contributed by atoms with Crippen LogP contribution >= 0.6 is 0 Å². The summed E-state index contributed by atoms with van der Waals surface area (Å²) >= 11 is 0. The van der Waals surface area contributed by atoms with E-state index in [4.69, 9.17) is 10.5 Å². The van der Waals surface area contributed by atoms with E-state index in [1.54, 1.807) is 0 Å². The molecule has 98 valence electrons. The van der Waals surface area contributed by atoms with Gasteiger partial charge in [-0.15, -0.1) is 0 Å². The molecule has 0 aromatic heterocycles. The topological polar surface area (TPSA) is 67.6 Å². The van der Waals surface area contributed by atoms with Gasteiger partial charge < -0.3 is 10.5 Å². The van der Waals surface area contributed by atoms with Crippen LogP contribution in [0.3, 0.4) is 0 Å². The summed E-state index contributed by atoms with van der Waals surface area (Å²) in [5.74, 6) is 0.991. The van der Waals surface area contributed by atoms with Crippen LogP contribution in [0.4, 0.5) is 0 Å². The van der Waals surface area contributed by atoms with Crippen molar-refractivity contribution in [2.24, 2.45) is 17.6 Å². The van der Waals surface area contributed by atoms with Crippen LogP contribution in [0, 0.1) is 11.8 Å². The molecule has 2 fully saturated rings. The molecular weight excluding hydrogens is 218 g/mol. The number of amides is 1. The number of carbonyl (C=O) groups excluding carboxylic acids is 1. The Balaban J connectivity index is 1.72. The van der Waals surface area contributed by atoms with Crippen molar-refractivity contribution in [1.82, 2.24) is 10.4 Å². The number of nitrogens with two attached hydrogens (primary N) is 1. The molecule has 0 spiro atoms. The second kappa shape index (κ2) is 6.33. The van der Waals surface area contributed by atoms with Crippen LogP contribution in [0.25, 0.3) is 0 Å². The van der Waals surface area contributed by atoms with Gasteiger partial charge in [0.2, 0.25) is 5.91 Å². The lowest BCUT2D eigenvalue weighted by Crippen LogP contribution is -2.50. The van der Waals surface area contributed by atoms with Gasteiger partial charge in [-0.3, -0.25) is 10.2 Å². The second-order valence-corrected chi connectivity index (χ2v) is 5.03. The summed E-state index contributed by atoms with van der Waals surface area (Å²) < 4.78 is 5.25. The maximum atomic E-state index is 12.0. The van der Waals surface area contributed by atoms with E-state index in [-0.39, 0.29) is 11.8 Å². The van der Waals surface area contributed by atoms with Gasteiger partial charge in [-0.25, -0.2) is 5.01 Å². The van der Waals surface area contributed by atoms with Crippen molar-refractivity contribution in [2.45, 2.75) is 25.7 Å². The summed E-state index contributed by atoms with van der Waals surface area (Å²) in [6.07, 6.45) is 4.16. The number of carbonyl (C=O) groups is 1. The molecule has 1 aliphatic heterocycles. The van der Waals surface area contributed by atoms with Crippen molar-refractivity contribution in [3.63, 3.8) is 0 Å². The van der Waals surface area contributed by atoms with E-state index in [1.807, 2.05) is 5.01 Å². The Bertz CT molecular complexity index is 246. The van der Waals surface area contributed by atoms with E-state index in [0.717, 1.165) is 45.3 Å². The minimum Gasteiger partial charge on any atom is -0.379 e. The highest BCUT2D eigenvalue weighted by atomic mass is 16.5. The van der Waals surface area contributed by atoms with Crippen LogP contribution in [-0.4, -0.2) is 43.8 Å². The van der Waals surface area contributed by atoms with E-state index in [9.17, 15) is 4.79 Å². The summed E-state index contributed by atoms with van der Waals surface area (Å²) in [7, 11) is 0. The van der Waals surface area contributed by atoms with Gasteiger partial charge in [-0.05, 0) is 38.1 Å². The van der Waals surface area contributed by atoms with Crippen molar-refractivity contribution >= 4 is 5.91 Å². The summed E-state index contributed by atoms with van der Waals surface area (Å²) in [6.45, 7) is 3.77. The van der Waals surface area contributed by atoms with Gasteiger partial charge in [0.25, 0.3) is 0 Å². The lowest BCUT2D eigenvalue weighted by Gasteiger charge is -2.31. The molecule has 0 unspecified atom stereocenters. The third kappa shape index (κ3) is 3.66. The number of morpholine rings is 1. The fourth-order valence-corrected chi connectivity index (χ4v) is 2.58. The minimum atomic E-state index is 0.181. The van der Waals surface area contributed by atoms with Crippen LogP contribution in [0.1, 0.15) is 25.7 Å². The molecular formula is C12H23N3O2. The molecule has 0 radical (unpaired) electrons. The number of hydrogen-bond acceptors (Lipinski definition) is 4. The molecule has 0 atom stereocenters. The van der Waals surface area contributed by atoms with Crippen LogP contribution in [0.15, 0.2) is 0 Å². The Kier molecular flexibility index (Phi) is 4.76. The normalized spacial score (nSPS) is 31.1. The molecule has 5 nitrogen and oxygen atoms in total. The molecule has 1 aliphatic carbocycles. The predicted octanol–water partition coefficient (Wildman–Crippen LogP) is 0.115. The Labute approximate surface area is 103 Å². The largest absolute Gasteiger partial charge is 0.379 e. The first-order chi connectivity index (χ1) is 8.29. The van der Waals surface area contributed by atoms with E-state index >= 15 is 0 Å². The minimum absolute atomic E-state index is 0.181. The number of rotatable bonds is 3. The predicted molar refractivity (Wildman–Crippen MR) is 65.0 cm³/mol. The van der Waals surface area contributed by atoms with Gasteiger partial charge in [0, 0.05) is 19.0 Å². The highest BCUT2D eigenvalue weighted by Gasteiger charge is 2.26. The van der Waals surface area contributed by atoms with Gasteiger partial charge in [-0.2, -0.15) is 0 Å². The van der Waals surface area contributed by atoms with E-state index < -0.39 is 0 Å². The molecule has 0 aromatic carbocycles. The number of nitrogens with one attached hydrogen (secondary N) is 1. The van der Waals surface area contributed by atoms with Crippen LogP contribution in [0.2, 0.25) is 0 Å². The standard InChI is InChI=1S/C12H23N3O2/c13-9-10-1-3-11(4-2-10)12(16)14-15-5-7-17-8-6-15/h10-11H,1-9,13H2,(H,14,16). The van der Waals surface area contributed by atoms with Crippen molar-refractivity contribution in [2.75, 3.05) is 32.8 Å². The summed E-state index contributed by atoms with van der Waals surface area (Å²) in [4.78, 5) is 12.0. The van der Waals surface area contributed by atoms with Crippen LogP contribution < -0.4 is 11.2 Å². The smallest absolute Gasteiger partial charge is 0.237 e. The van der Waals surface area contributed by atoms with Crippen molar-refractivity contribution < 1.29 is 9.53 Å². The fraction of sp³-hybridized carbons (Fsp3) is 0.917. The number of hydrazine groups is 1. The highest BCUT2D eigenvalue weighted by Crippen LogP contribution is 2.28. The molecule has 2 rings (SSSR count). The van der Waals surface area contributed by atoms with Crippen LogP contribution in [0.5, 0.6) is 0 Å². The van der Waals surface area contributed by atoms with Crippen LogP contribution in [-0.2, 0) is 9.53 Å². The SMILES string of the molecule is NCC1CCC(C(=O)NN2CCOCC2)CC1. The Morgan fingerprint density at radius 2 is 1.88 bits per heavy atom. The van der Waals surface area contributed by atoms with E-state index in [2.05, 4.69) is 5.43 Å². The molecule has 5 heteroatoms. The first kappa shape index (κ1) is 12.8. The zero-order valence-corrected chi connectivity index (χ0v) is 10.4. The molecule has 17 heavy (non-hydrogen) atoms. The first-order valence-corrected chi connectivity index (χ1v) is 6.63. The molecule has 1 saturated carbocycles. The zero-order chi connectivity index (χ0) is 12.1. The third-order valence-electron chi connectivity index (χ3n) is 3.83. The van der Waals surface area contributed by atoms with Gasteiger partial charge in [-0.1, -0.05) is 0 Å². The molecule has 1 amide bonds. The Hall–Kier alpha value is -0.650. The van der Waals surface area contributed by atoms with Crippen molar-refractivity contribution in [3.8, 4) is 0 Å². The van der Waals surface area contributed by atoms with E-state index in [0.29, 0.717) is 19.1 Å².